The van der Waals surface area contributed by atoms with Crippen LogP contribution in [0.2, 0.25) is 0 Å². The van der Waals surface area contributed by atoms with Gasteiger partial charge in [-0.3, -0.25) is 4.79 Å². The topological polar surface area (TPSA) is 46.9 Å². The van der Waals surface area contributed by atoms with Crippen LogP contribution in [0.3, 0.4) is 0 Å². The monoisotopic (exact) mass is 347 g/mol. The summed E-state index contributed by atoms with van der Waals surface area (Å²) in [5.74, 6) is 0.999. The average Bonchev–Trinajstić information content (AvgIpc) is 3.07. The molecule has 3 rings (SSSR count). The normalized spacial score (nSPS) is 10.7. The van der Waals surface area contributed by atoms with Crippen LogP contribution in [0.15, 0.2) is 54.9 Å². The lowest BCUT2D eigenvalue weighted by Crippen LogP contribution is -2.23. The minimum absolute atomic E-state index is 0.0698. The van der Waals surface area contributed by atoms with Crippen LogP contribution in [0.1, 0.15) is 34.5 Å². The number of para-hydroxylation sites is 1. The fraction of sp³-hybridized carbons (Fsp3) is 0.273. The molecule has 1 N–H and O–H groups in total. The number of aromatic nitrogens is 2. The van der Waals surface area contributed by atoms with E-state index in [0.29, 0.717) is 13.0 Å². The summed E-state index contributed by atoms with van der Waals surface area (Å²) in [7, 11) is 0. The van der Waals surface area contributed by atoms with Crippen LogP contribution in [0, 0.1) is 20.8 Å². The summed E-state index contributed by atoms with van der Waals surface area (Å²) < 4.78 is 2.04. The van der Waals surface area contributed by atoms with Gasteiger partial charge in [-0.1, -0.05) is 36.4 Å². The third-order valence-electron chi connectivity index (χ3n) is 4.76. The number of carbonyl (C=O) groups is 1. The highest BCUT2D eigenvalue weighted by Crippen LogP contribution is 2.16. The van der Waals surface area contributed by atoms with Gasteiger partial charge in [-0.2, -0.15) is 0 Å². The Morgan fingerprint density at radius 2 is 1.88 bits per heavy atom. The summed E-state index contributed by atoms with van der Waals surface area (Å²) in [5.41, 5.74) is 5.89. The van der Waals surface area contributed by atoms with Crippen molar-refractivity contribution in [2.24, 2.45) is 0 Å². The molecular weight excluding hydrogens is 322 g/mol. The third-order valence-corrected chi connectivity index (χ3v) is 4.76. The van der Waals surface area contributed by atoms with Crippen molar-refractivity contribution in [1.29, 1.82) is 0 Å². The lowest BCUT2D eigenvalue weighted by atomic mass is 10.0. The highest BCUT2D eigenvalue weighted by Gasteiger charge is 2.08. The molecule has 134 valence electrons. The molecule has 0 spiro atoms. The Labute approximate surface area is 154 Å². The van der Waals surface area contributed by atoms with E-state index in [-0.39, 0.29) is 5.91 Å². The molecule has 0 aliphatic heterocycles. The van der Waals surface area contributed by atoms with Gasteiger partial charge in [0.05, 0.1) is 5.69 Å². The number of hydrogen-bond donors (Lipinski definition) is 1. The maximum Gasteiger partial charge on any atom is 0.220 e. The molecular formula is C22H25N3O. The first kappa shape index (κ1) is 17.9. The number of benzene rings is 2. The predicted molar refractivity (Wildman–Crippen MR) is 104 cm³/mol. The number of aryl methyl sites for hydroxylation is 4. The third kappa shape index (κ3) is 4.20. The summed E-state index contributed by atoms with van der Waals surface area (Å²) in [6.07, 6.45) is 4.98. The molecule has 0 bridgehead atoms. The van der Waals surface area contributed by atoms with Crippen LogP contribution < -0.4 is 5.32 Å². The first-order valence-corrected chi connectivity index (χ1v) is 8.95. The maximum atomic E-state index is 12.3. The van der Waals surface area contributed by atoms with E-state index < -0.39 is 0 Å². The molecule has 0 saturated carbocycles. The summed E-state index contributed by atoms with van der Waals surface area (Å²) in [5, 5.41) is 3.04. The number of nitrogens with zero attached hydrogens (tertiary/aromatic N) is 2. The number of imidazole rings is 1. The number of amides is 1. The molecule has 1 amide bonds. The molecule has 4 nitrogen and oxygen atoms in total. The number of hydrogen-bond acceptors (Lipinski definition) is 2. The molecule has 4 heteroatoms. The largest absolute Gasteiger partial charge is 0.352 e. The Hall–Kier alpha value is -2.88. The van der Waals surface area contributed by atoms with Crippen molar-refractivity contribution >= 4 is 5.91 Å². The Kier molecular flexibility index (Phi) is 5.52. The van der Waals surface area contributed by atoms with Gasteiger partial charge in [0.15, 0.2) is 0 Å². The Morgan fingerprint density at radius 1 is 1.08 bits per heavy atom. The first-order valence-electron chi connectivity index (χ1n) is 8.95. The van der Waals surface area contributed by atoms with Gasteiger partial charge in [0, 0.05) is 25.4 Å². The molecule has 3 aromatic rings. The number of rotatable bonds is 6. The van der Waals surface area contributed by atoms with E-state index in [1.165, 1.54) is 16.7 Å². The van der Waals surface area contributed by atoms with Crippen molar-refractivity contribution in [3.8, 4) is 5.69 Å². The van der Waals surface area contributed by atoms with E-state index in [2.05, 4.69) is 42.3 Å². The van der Waals surface area contributed by atoms with Crippen molar-refractivity contribution < 1.29 is 4.79 Å². The van der Waals surface area contributed by atoms with Crippen molar-refractivity contribution in [2.75, 3.05) is 0 Å². The molecule has 0 aliphatic rings. The van der Waals surface area contributed by atoms with Crippen LogP contribution in [0.25, 0.3) is 5.69 Å². The highest BCUT2D eigenvalue weighted by molar-refractivity contribution is 5.76. The molecule has 1 heterocycles. The zero-order valence-corrected chi connectivity index (χ0v) is 15.6. The number of carbonyl (C=O) groups excluding carboxylic acids is 1. The van der Waals surface area contributed by atoms with Crippen molar-refractivity contribution in [2.45, 2.75) is 40.2 Å². The summed E-state index contributed by atoms with van der Waals surface area (Å²) in [6, 6.07) is 14.5. The summed E-state index contributed by atoms with van der Waals surface area (Å²) in [4.78, 5) is 16.6. The fourth-order valence-electron chi connectivity index (χ4n) is 3.03. The van der Waals surface area contributed by atoms with E-state index in [0.717, 1.165) is 23.5 Å². The average molecular weight is 347 g/mol. The molecule has 26 heavy (non-hydrogen) atoms. The minimum Gasteiger partial charge on any atom is -0.352 e. The molecule has 0 aliphatic carbocycles. The molecule has 0 atom stereocenters. The SMILES string of the molecule is Cc1ccc(CCC(=O)NCc2ccccc2-n2ccnc2C)cc1C. The summed E-state index contributed by atoms with van der Waals surface area (Å²) >= 11 is 0. The van der Waals surface area contributed by atoms with Gasteiger partial charge in [-0.15, -0.1) is 0 Å². The second-order valence-corrected chi connectivity index (χ2v) is 6.67. The molecule has 0 unspecified atom stereocenters. The standard InChI is InChI=1S/C22H25N3O/c1-16-8-9-19(14-17(16)2)10-11-22(26)24-15-20-6-4-5-7-21(20)25-13-12-23-18(25)3/h4-9,12-14H,10-11,15H2,1-3H3,(H,24,26). The van der Waals surface area contributed by atoms with E-state index in [4.69, 9.17) is 0 Å². The van der Waals surface area contributed by atoms with Crippen molar-refractivity contribution in [3.05, 3.63) is 82.9 Å². The Bertz CT molecular complexity index is 911. The molecule has 0 radical (unpaired) electrons. The zero-order valence-electron chi connectivity index (χ0n) is 15.6. The van der Waals surface area contributed by atoms with Gasteiger partial charge in [-0.05, 0) is 55.5 Å². The van der Waals surface area contributed by atoms with Gasteiger partial charge in [-0.25, -0.2) is 4.98 Å². The van der Waals surface area contributed by atoms with Crippen LogP contribution in [0.4, 0.5) is 0 Å². The second kappa shape index (κ2) is 8.00. The van der Waals surface area contributed by atoms with Gasteiger partial charge in [0.1, 0.15) is 5.82 Å². The lowest BCUT2D eigenvalue weighted by Gasteiger charge is -2.13. The van der Waals surface area contributed by atoms with Gasteiger partial charge < -0.3 is 9.88 Å². The van der Waals surface area contributed by atoms with Gasteiger partial charge in [0.25, 0.3) is 0 Å². The number of nitrogens with one attached hydrogen (secondary N) is 1. The van der Waals surface area contributed by atoms with Gasteiger partial charge in [0.2, 0.25) is 5.91 Å². The van der Waals surface area contributed by atoms with Crippen LogP contribution >= 0.6 is 0 Å². The van der Waals surface area contributed by atoms with Crippen LogP contribution in [0.5, 0.6) is 0 Å². The minimum atomic E-state index is 0.0698. The highest BCUT2D eigenvalue weighted by atomic mass is 16.1. The van der Waals surface area contributed by atoms with Crippen molar-refractivity contribution in [1.82, 2.24) is 14.9 Å². The molecule has 2 aromatic carbocycles. The first-order chi connectivity index (χ1) is 12.5. The molecule has 1 aromatic heterocycles. The smallest absolute Gasteiger partial charge is 0.220 e. The predicted octanol–water partition coefficient (Wildman–Crippen LogP) is 4.05. The van der Waals surface area contributed by atoms with E-state index >= 15 is 0 Å². The Morgan fingerprint density at radius 3 is 2.62 bits per heavy atom. The second-order valence-electron chi connectivity index (χ2n) is 6.67. The molecule has 0 fully saturated rings. The summed E-state index contributed by atoms with van der Waals surface area (Å²) in [6.45, 7) is 6.69. The zero-order chi connectivity index (χ0) is 18.5. The molecule has 0 saturated heterocycles. The van der Waals surface area contributed by atoms with Gasteiger partial charge >= 0.3 is 0 Å². The van der Waals surface area contributed by atoms with E-state index in [9.17, 15) is 4.79 Å². The van der Waals surface area contributed by atoms with Crippen LogP contribution in [-0.2, 0) is 17.8 Å². The van der Waals surface area contributed by atoms with E-state index in [1.54, 1.807) is 6.20 Å². The van der Waals surface area contributed by atoms with Crippen LogP contribution in [-0.4, -0.2) is 15.5 Å². The van der Waals surface area contributed by atoms with E-state index in [1.807, 2.05) is 42.0 Å². The fourth-order valence-corrected chi connectivity index (χ4v) is 3.03. The van der Waals surface area contributed by atoms with Crippen molar-refractivity contribution in [3.63, 3.8) is 0 Å². The Balaban J connectivity index is 1.60. The maximum absolute atomic E-state index is 12.3. The quantitative estimate of drug-likeness (QED) is 0.731. The lowest BCUT2D eigenvalue weighted by molar-refractivity contribution is -0.121.